The molecule has 0 saturated carbocycles. The van der Waals surface area contributed by atoms with Gasteiger partial charge >= 0.3 is 43.7 Å². The standard InChI is InChI=1S/C3H8.C2H4O2.Sn.H/c1-3-2;1-2(3)4;;/h3H2,1-2H3;1H3,(H,3,4);;/q;;+1;/p-1. The Hall–Kier alpha value is 0.269. The molecule has 0 amide bonds. The first-order chi connectivity index (χ1) is 3.68. The van der Waals surface area contributed by atoms with E-state index in [0.717, 1.165) is 0 Å². The number of hydrogen-bond acceptors (Lipinski definition) is 2. The zero-order chi connectivity index (χ0) is 6.99. The smallest absolute Gasteiger partial charge is 0.0590 e. The molecule has 0 unspecified atom stereocenters. The number of carbonyl (C=O) groups excluding carboxylic acids is 1. The Kier molecular flexibility index (Phi) is 14.3. The minimum Gasteiger partial charge on any atom is -0.0656 e. The summed E-state index contributed by atoms with van der Waals surface area (Å²) in [6.07, 6.45) is 1.25. The third kappa shape index (κ3) is 33.8. The van der Waals surface area contributed by atoms with E-state index in [1.165, 1.54) is 13.3 Å². The Morgan fingerprint density at radius 3 is 1.75 bits per heavy atom. The number of rotatable bonds is 0. The molecular formula is C5H12O2Sn. The van der Waals surface area contributed by atoms with Gasteiger partial charge in [-0.25, -0.2) is 0 Å². The molecule has 2 nitrogen and oxygen atoms in total. The molecule has 2 radical (unpaired) electrons. The van der Waals surface area contributed by atoms with Crippen LogP contribution in [0.3, 0.4) is 0 Å². The van der Waals surface area contributed by atoms with Crippen molar-refractivity contribution in [3.8, 4) is 0 Å². The zero-order valence-electron chi connectivity index (χ0n) is 5.60. The van der Waals surface area contributed by atoms with E-state index in [-0.39, 0.29) is 5.97 Å². The van der Waals surface area contributed by atoms with Gasteiger partial charge in [-0.2, -0.15) is 0 Å². The molecule has 0 aliphatic rings. The van der Waals surface area contributed by atoms with Crippen LogP contribution in [0.2, 0.25) is 0 Å². The molecule has 0 aromatic heterocycles. The van der Waals surface area contributed by atoms with E-state index in [2.05, 4.69) is 16.9 Å². The van der Waals surface area contributed by atoms with Crippen LogP contribution in [0.1, 0.15) is 27.2 Å². The molecule has 0 heterocycles. The Labute approximate surface area is 64.2 Å². The van der Waals surface area contributed by atoms with Gasteiger partial charge in [0, 0.05) is 0 Å². The normalized spacial score (nSPS) is 6.50. The van der Waals surface area contributed by atoms with Crippen molar-refractivity contribution in [2.45, 2.75) is 27.2 Å². The Balaban J connectivity index is 0. The van der Waals surface area contributed by atoms with Crippen molar-refractivity contribution >= 4 is 28.9 Å². The summed E-state index contributed by atoms with van der Waals surface area (Å²) in [6.45, 7) is 5.64. The van der Waals surface area contributed by atoms with Crippen LogP contribution in [0.15, 0.2) is 0 Å². The van der Waals surface area contributed by atoms with Crippen LogP contribution in [0.25, 0.3) is 0 Å². The van der Waals surface area contributed by atoms with Crippen molar-refractivity contribution in [2.24, 2.45) is 0 Å². The van der Waals surface area contributed by atoms with Gasteiger partial charge in [0.05, 0.1) is 0 Å². The molecule has 0 bridgehead atoms. The van der Waals surface area contributed by atoms with Gasteiger partial charge in [0.25, 0.3) is 0 Å². The molecule has 0 fully saturated rings. The SMILES string of the molecule is CC(=O)[O][SnH].CCC. The van der Waals surface area contributed by atoms with Gasteiger partial charge in [-0.05, 0) is 0 Å². The summed E-state index contributed by atoms with van der Waals surface area (Å²) < 4.78 is 4.24. The van der Waals surface area contributed by atoms with Crippen LogP contribution >= 0.6 is 0 Å². The maximum atomic E-state index is 9.62. The fraction of sp³-hybridized carbons (Fsp3) is 0.800. The summed E-state index contributed by atoms with van der Waals surface area (Å²) in [7, 11) is 0. The fourth-order valence-electron chi connectivity index (χ4n) is 0. The average Bonchev–Trinajstić information content (AvgIpc) is 1.69. The second-order valence-corrected chi connectivity index (χ2v) is 1.99. The predicted molar refractivity (Wildman–Crippen MR) is 34.9 cm³/mol. The fourth-order valence-corrected chi connectivity index (χ4v) is 0. The van der Waals surface area contributed by atoms with Crippen LogP contribution in [0.5, 0.6) is 0 Å². The second-order valence-electron chi connectivity index (χ2n) is 1.32. The summed E-state index contributed by atoms with van der Waals surface area (Å²) in [4.78, 5) is 9.62. The third-order valence-corrected chi connectivity index (χ3v) is 1.11. The Morgan fingerprint density at radius 1 is 1.62 bits per heavy atom. The summed E-state index contributed by atoms with van der Waals surface area (Å²) in [5, 5.41) is 0. The van der Waals surface area contributed by atoms with Crippen LogP contribution in [0.4, 0.5) is 0 Å². The molecule has 0 atom stereocenters. The van der Waals surface area contributed by atoms with Crippen molar-refractivity contribution in [1.29, 1.82) is 0 Å². The maximum Gasteiger partial charge on any atom is -0.0590 e. The van der Waals surface area contributed by atoms with Crippen molar-refractivity contribution in [3.05, 3.63) is 0 Å². The van der Waals surface area contributed by atoms with E-state index in [1.54, 1.807) is 0 Å². The zero-order valence-corrected chi connectivity index (χ0v) is 8.90. The first-order valence-corrected chi connectivity index (χ1v) is 3.90. The molecule has 0 aliphatic carbocycles. The molecule has 0 aliphatic heterocycles. The van der Waals surface area contributed by atoms with Gasteiger partial charge in [-0.15, -0.1) is 0 Å². The van der Waals surface area contributed by atoms with E-state index in [0.29, 0.717) is 22.9 Å². The van der Waals surface area contributed by atoms with Gasteiger partial charge in [-0.3, -0.25) is 0 Å². The summed E-state index contributed by atoms with van der Waals surface area (Å²) in [6, 6.07) is 0. The third-order valence-electron chi connectivity index (χ3n) is 0.166. The number of carbonyl (C=O) groups is 1. The molecule has 0 aromatic carbocycles. The molecule has 0 N–H and O–H groups in total. The second kappa shape index (κ2) is 10.3. The van der Waals surface area contributed by atoms with Gasteiger partial charge in [0.1, 0.15) is 0 Å². The van der Waals surface area contributed by atoms with Crippen LogP contribution in [0, 0.1) is 0 Å². The monoisotopic (exact) mass is 224 g/mol. The van der Waals surface area contributed by atoms with E-state index >= 15 is 0 Å². The van der Waals surface area contributed by atoms with Gasteiger partial charge in [0.15, 0.2) is 0 Å². The van der Waals surface area contributed by atoms with E-state index in [4.69, 9.17) is 0 Å². The van der Waals surface area contributed by atoms with Crippen LogP contribution in [-0.4, -0.2) is 28.9 Å². The molecular weight excluding hydrogens is 211 g/mol. The van der Waals surface area contributed by atoms with Crippen molar-refractivity contribution in [1.82, 2.24) is 0 Å². The molecule has 0 spiro atoms. The molecule has 3 heteroatoms. The van der Waals surface area contributed by atoms with Gasteiger partial charge < -0.3 is 0 Å². The predicted octanol–water partition coefficient (Wildman–Crippen LogP) is 0.782. The van der Waals surface area contributed by atoms with E-state index < -0.39 is 0 Å². The first kappa shape index (κ1) is 11.1. The topological polar surface area (TPSA) is 26.3 Å². The van der Waals surface area contributed by atoms with Crippen LogP contribution < -0.4 is 0 Å². The molecule has 8 heavy (non-hydrogen) atoms. The molecule has 48 valence electrons. The number of hydrogen-bond donors (Lipinski definition) is 0. The Bertz CT molecular complexity index is 54.4. The summed E-state index contributed by atoms with van der Waals surface area (Å²) in [5.41, 5.74) is 0. The van der Waals surface area contributed by atoms with Crippen molar-refractivity contribution < 1.29 is 7.87 Å². The first-order valence-electron chi connectivity index (χ1n) is 2.56. The minimum atomic E-state index is -0.188. The van der Waals surface area contributed by atoms with Gasteiger partial charge in [-0.1, -0.05) is 20.3 Å². The van der Waals surface area contributed by atoms with Crippen molar-refractivity contribution in [3.63, 3.8) is 0 Å². The van der Waals surface area contributed by atoms with E-state index in [9.17, 15) is 4.79 Å². The maximum absolute atomic E-state index is 9.62. The molecule has 0 saturated heterocycles. The van der Waals surface area contributed by atoms with Crippen LogP contribution in [-0.2, 0) is 7.87 Å². The quantitative estimate of drug-likeness (QED) is 0.567. The summed E-state index contributed by atoms with van der Waals surface area (Å²) >= 11 is 0.577. The average molecular weight is 223 g/mol. The van der Waals surface area contributed by atoms with Crippen molar-refractivity contribution in [2.75, 3.05) is 0 Å². The largest absolute Gasteiger partial charge is 0.0656 e. The Morgan fingerprint density at radius 2 is 1.75 bits per heavy atom. The van der Waals surface area contributed by atoms with Gasteiger partial charge in [0.2, 0.25) is 0 Å². The summed E-state index contributed by atoms with van der Waals surface area (Å²) in [5.74, 6) is -0.188. The van der Waals surface area contributed by atoms with E-state index in [1.807, 2.05) is 0 Å². The molecule has 0 rings (SSSR count). The molecule has 0 aromatic rings. The minimum absolute atomic E-state index is 0.188.